The second-order valence-electron chi connectivity index (χ2n) is 2.44. The van der Waals surface area contributed by atoms with E-state index < -0.39 is 0 Å². The van der Waals surface area contributed by atoms with Crippen LogP contribution in [0.15, 0.2) is 0 Å². The van der Waals surface area contributed by atoms with Crippen molar-refractivity contribution in [2.45, 2.75) is 0 Å². The van der Waals surface area contributed by atoms with Gasteiger partial charge in [0.05, 0.1) is 0 Å². The Kier molecular flexibility index (Phi) is 3.48. The normalized spacial score (nSPS) is 9.69. The molecule has 0 spiro atoms. The number of halogens is 1. The molecule has 1 aromatic heterocycles. The van der Waals surface area contributed by atoms with E-state index in [2.05, 4.69) is 4.98 Å². The fourth-order valence-electron chi connectivity index (χ4n) is 0.812. The zero-order valence-corrected chi connectivity index (χ0v) is 8.69. The highest BCUT2D eigenvalue weighted by Gasteiger charge is 2.11. The first kappa shape index (κ1) is 10.3. The lowest BCUT2D eigenvalue weighted by atomic mass is 10.6. The average molecular weight is 217 g/mol. The second kappa shape index (κ2) is 4.42. The van der Waals surface area contributed by atoms with Crippen LogP contribution in [0.4, 0.5) is 5.13 Å². The zero-order valence-electron chi connectivity index (χ0n) is 7.12. The highest BCUT2D eigenvalue weighted by atomic mass is 35.5. The molecular formula is C7H9ClN4S. The third-order valence-corrected chi connectivity index (χ3v) is 2.93. The number of nitrogens with zero attached hydrogens (tertiary/aromatic N) is 3. The van der Waals surface area contributed by atoms with Gasteiger partial charge < -0.3 is 10.6 Å². The monoisotopic (exact) mass is 216 g/mol. The van der Waals surface area contributed by atoms with Crippen molar-refractivity contribution in [1.29, 1.82) is 5.26 Å². The van der Waals surface area contributed by atoms with Crippen LogP contribution in [0.25, 0.3) is 0 Å². The van der Waals surface area contributed by atoms with Gasteiger partial charge in [-0.2, -0.15) is 5.26 Å². The highest BCUT2D eigenvalue weighted by Crippen LogP contribution is 2.27. The molecule has 70 valence electrons. The Bertz CT molecular complexity index is 330. The quantitative estimate of drug-likeness (QED) is 0.821. The van der Waals surface area contributed by atoms with Crippen molar-refractivity contribution in [3.63, 3.8) is 0 Å². The number of thiazole rings is 1. The number of likely N-dealkylation sites (N-methyl/N-ethyl adjacent to an activating group) is 1. The van der Waals surface area contributed by atoms with Gasteiger partial charge in [0.15, 0.2) is 10.3 Å². The first-order valence-electron chi connectivity index (χ1n) is 3.66. The van der Waals surface area contributed by atoms with E-state index in [1.54, 1.807) is 0 Å². The Morgan fingerprint density at radius 2 is 2.46 bits per heavy atom. The molecule has 1 heterocycles. The largest absolute Gasteiger partial charge is 0.350 e. The van der Waals surface area contributed by atoms with Crippen molar-refractivity contribution in [3.8, 4) is 6.07 Å². The maximum atomic E-state index is 8.64. The maximum Gasteiger partial charge on any atom is 0.187 e. The summed E-state index contributed by atoms with van der Waals surface area (Å²) >= 11 is 6.98. The molecular weight excluding hydrogens is 208 g/mol. The van der Waals surface area contributed by atoms with Crippen LogP contribution >= 0.6 is 22.9 Å². The number of hydrogen-bond donors (Lipinski definition) is 1. The van der Waals surface area contributed by atoms with Gasteiger partial charge in [-0.15, -0.1) is 0 Å². The molecule has 0 saturated carbocycles. The lowest BCUT2D eigenvalue weighted by Gasteiger charge is -2.12. The zero-order chi connectivity index (χ0) is 9.84. The first-order valence-corrected chi connectivity index (χ1v) is 4.86. The molecule has 6 heteroatoms. The third kappa shape index (κ3) is 2.31. The van der Waals surface area contributed by atoms with Gasteiger partial charge in [-0.05, 0) is 0 Å². The molecule has 1 aromatic rings. The minimum absolute atomic E-state index is 0.270. The van der Waals surface area contributed by atoms with E-state index in [4.69, 9.17) is 22.6 Å². The van der Waals surface area contributed by atoms with Gasteiger partial charge >= 0.3 is 0 Å². The van der Waals surface area contributed by atoms with Crippen molar-refractivity contribution < 1.29 is 0 Å². The summed E-state index contributed by atoms with van der Waals surface area (Å²) in [6.07, 6.45) is 0. The van der Waals surface area contributed by atoms with Crippen molar-refractivity contribution in [2.75, 3.05) is 25.0 Å². The van der Waals surface area contributed by atoms with Crippen LogP contribution in [0.3, 0.4) is 0 Å². The van der Waals surface area contributed by atoms with Gasteiger partial charge in [-0.3, -0.25) is 0 Å². The Balaban J connectivity index is 2.85. The van der Waals surface area contributed by atoms with Gasteiger partial charge in [0, 0.05) is 20.1 Å². The van der Waals surface area contributed by atoms with Gasteiger partial charge in [0.2, 0.25) is 0 Å². The molecule has 0 amide bonds. The molecule has 0 aromatic carbocycles. The van der Waals surface area contributed by atoms with Crippen molar-refractivity contribution in [2.24, 2.45) is 5.73 Å². The summed E-state index contributed by atoms with van der Waals surface area (Å²) in [5, 5.41) is 9.63. The van der Waals surface area contributed by atoms with Gasteiger partial charge in [0.25, 0.3) is 0 Å². The fraction of sp³-hybridized carbons (Fsp3) is 0.429. The molecule has 1 rings (SSSR count). The number of hydrogen-bond acceptors (Lipinski definition) is 5. The summed E-state index contributed by atoms with van der Waals surface area (Å²) in [6, 6.07) is 1.98. The molecule has 4 nitrogen and oxygen atoms in total. The minimum atomic E-state index is 0.270. The predicted octanol–water partition coefficient (Wildman–Crippen LogP) is 1.06. The average Bonchev–Trinajstić information content (AvgIpc) is 2.47. The number of anilines is 1. The number of nitrogens with two attached hydrogens (primary N) is 1. The number of rotatable bonds is 3. The molecule has 2 N–H and O–H groups in total. The Morgan fingerprint density at radius 3 is 2.92 bits per heavy atom. The summed E-state index contributed by atoms with van der Waals surface area (Å²) in [4.78, 5) is 6.35. The lowest BCUT2D eigenvalue weighted by molar-refractivity contribution is 0.880. The van der Waals surface area contributed by atoms with Crippen LogP contribution in [0.2, 0.25) is 5.15 Å². The van der Waals surface area contributed by atoms with Gasteiger partial charge in [-0.1, -0.05) is 22.9 Å². The van der Waals surface area contributed by atoms with E-state index >= 15 is 0 Å². The summed E-state index contributed by atoms with van der Waals surface area (Å²) in [6.45, 7) is 1.25. The Hall–Kier alpha value is -0.830. The first-order chi connectivity index (χ1) is 6.19. The third-order valence-electron chi connectivity index (χ3n) is 1.47. The summed E-state index contributed by atoms with van der Waals surface area (Å²) < 4.78 is 0. The molecule has 0 aliphatic heterocycles. The van der Waals surface area contributed by atoms with E-state index in [1.807, 2.05) is 18.0 Å². The molecule has 0 radical (unpaired) electrons. The summed E-state index contributed by atoms with van der Waals surface area (Å²) in [5.41, 5.74) is 5.38. The van der Waals surface area contributed by atoms with Gasteiger partial charge in [0.1, 0.15) is 10.9 Å². The maximum absolute atomic E-state index is 8.64. The molecule has 0 aliphatic rings. The summed E-state index contributed by atoms with van der Waals surface area (Å²) in [5.74, 6) is 0. The molecule has 0 unspecified atom stereocenters. The molecule has 13 heavy (non-hydrogen) atoms. The van der Waals surface area contributed by atoms with Crippen LogP contribution in [0.1, 0.15) is 4.88 Å². The Morgan fingerprint density at radius 1 is 1.77 bits per heavy atom. The predicted molar refractivity (Wildman–Crippen MR) is 54.2 cm³/mol. The molecule has 0 bridgehead atoms. The van der Waals surface area contributed by atoms with Crippen LogP contribution in [-0.4, -0.2) is 25.1 Å². The standard InChI is InChI=1S/C7H9ClN4S/c1-12(3-2-9)7-11-6(8)5(4-10)13-7/h2-3,9H2,1H3. The van der Waals surface area contributed by atoms with Crippen molar-refractivity contribution in [3.05, 3.63) is 10.0 Å². The van der Waals surface area contributed by atoms with Crippen LogP contribution in [-0.2, 0) is 0 Å². The topological polar surface area (TPSA) is 65.9 Å². The van der Waals surface area contributed by atoms with E-state index in [-0.39, 0.29) is 5.15 Å². The van der Waals surface area contributed by atoms with E-state index in [1.165, 1.54) is 11.3 Å². The minimum Gasteiger partial charge on any atom is -0.350 e. The summed E-state index contributed by atoms with van der Waals surface area (Å²) in [7, 11) is 1.86. The van der Waals surface area contributed by atoms with Crippen molar-refractivity contribution >= 4 is 28.1 Å². The fourth-order valence-corrected chi connectivity index (χ4v) is 1.84. The van der Waals surface area contributed by atoms with E-state index in [0.717, 1.165) is 5.13 Å². The molecule has 0 aliphatic carbocycles. The van der Waals surface area contributed by atoms with Crippen molar-refractivity contribution in [1.82, 2.24) is 4.98 Å². The SMILES string of the molecule is CN(CCN)c1nc(Cl)c(C#N)s1. The smallest absolute Gasteiger partial charge is 0.187 e. The number of aromatic nitrogens is 1. The van der Waals surface area contributed by atoms with E-state index in [0.29, 0.717) is 18.0 Å². The van der Waals surface area contributed by atoms with Crippen LogP contribution in [0, 0.1) is 11.3 Å². The molecule has 0 fully saturated rings. The van der Waals surface area contributed by atoms with Crippen LogP contribution < -0.4 is 10.6 Å². The lowest BCUT2D eigenvalue weighted by Crippen LogP contribution is -2.24. The van der Waals surface area contributed by atoms with E-state index in [9.17, 15) is 0 Å². The van der Waals surface area contributed by atoms with Gasteiger partial charge in [-0.25, -0.2) is 4.98 Å². The highest BCUT2D eigenvalue weighted by molar-refractivity contribution is 7.16. The second-order valence-corrected chi connectivity index (χ2v) is 3.77. The number of nitriles is 1. The molecule has 0 saturated heterocycles. The Labute approximate surface area is 85.5 Å². The van der Waals surface area contributed by atoms with Crippen LogP contribution in [0.5, 0.6) is 0 Å². The molecule has 0 atom stereocenters.